The van der Waals surface area contributed by atoms with Gasteiger partial charge in [-0.3, -0.25) is 0 Å². The van der Waals surface area contributed by atoms with Crippen LogP contribution in [0.15, 0.2) is 0 Å². The zero-order valence-electron chi connectivity index (χ0n) is 5.00. The Bertz CT molecular complexity index is 37.8. The van der Waals surface area contributed by atoms with Crippen LogP contribution in [0, 0.1) is 0 Å². The maximum Gasteiger partial charge on any atom is 0.668 e. The molecule has 0 aliphatic carbocycles. The van der Waals surface area contributed by atoms with Crippen LogP contribution in [0.1, 0.15) is 6.92 Å². The van der Waals surface area contributed by atoms with E-state index in [0.29, 0.717) is 0 Å². The quantitative estimate of drug-likeness (QED) is 0.299. The van der Waals surface area contributed by atoms with Gasteiger partial charge in [0.15, 0.2) is 0 Å². The van der Waals surface area contributed by atoms with Gasteiger partial charge in [0.2, 0.25) is 0 Å². The Morgan fingerprint density at radius 2 is 1.25 bits per heavy atom. The first kappa shape index (κ1) is 11.8. The Hall–Kier alpha value is 1.06. The van der Waals surface area contributed by atoms with Crippen LogP contribution >= 0.6 is 0 Å². The van der Waals surface area contributed by atoms with Crippen LogP contribution < -0.4 is 0 Å². The normalized spacial score (nSPS) is 9.88. The molecule has 0 radical (unpaired) electrons. The maximum atomic E-state index is 7.33. The molecule has 4 nitrogen and oxygen atoms in total. The van der Waals surface area contributed by atoms with E-state index in [4.69, 9.17) is 19.2 Å². The van der Waals surface area contributed by atoms with Crippen molar-refractivity contribution in [1.29, 1.82) is 0 Å². The van der Waals surface area contributed by atoms with Crippen molar-refractivity contribution in [3.63, 3.8) is 0 Å². The van der Waals surface area contributed by atoms with Gasteiger partial charge in [-0.25, -0.2) is 0 Å². The van der Waals surface area contributed by atoms with Gasteiger partial charge in [0.05, 0.1) is 0 Å². The van der Waals surface area contributed by atoms with E-state index in [1.165, 1.54) is 31.6 Å². The third kappa shape index (κ3) is 232. The van der Waals surface area contributed by atoms with E-state index >= 15 is 0 Å². The summed E-state index contributed by atoms with van der Waals surface area (Å²) in [4.78, 5) is 29.3. The molecule has 4 N–H and O–H groups in total. The van der Waals surface area contributed by atoms with Gasteiger partial charge < -0.3 is 19.2 Å². The molecule has 0 heterocycles. The first-order chi connectivity index (χ1) is 3.41. The van der Waals surface area contributed by atoms with Crippen molar-refractivity contribution in [2.45, 2.75) is 10.6 Å². The summed E-state index contributed by atoms with van der Waals surface area (Å²) < 4.78 is 1.39. The number of hydrogen-bond donors (Lipinski definition) is 4. The summed E-state index contributed by atoms with van der Waals surface area (Å²) in [6.45, 7) is 2.19. The van der Waals surface area contributed by atoms with Crippen LogP contribution in [0.25, 0.3) is 0 Å². The summed E-state index contributed by atoms with van der Waals surface area (Å²) in [5, 5.41) is 0. The van der Waals surface area contributed by atoms with Crippen molar-refractivity contribution in [2.75, 3.05) is 0 Å². The van der Waals surface area contributed by atoms with Gasteiger partial charge in [-0.15, -0.1) is 0 Å². The molecule has 0 aliphatic rings. The molecule has 0 unspecified atom stereocenters. The minimum atomic E-state index is -4.61. The Morgan fingerprint density at radius 3 is 1.25 bits per heavy atom. The van der Waals surface area contributed by atoms with E-state index in [-0.39, 0.29) is 0 Å². The molecular formula is C2H9NaO4Si. The monoisotopic (exact) mass is 148 g/mol. The molecule has 0 saturated heterocycles. The van der Waals surface area contributed by atoms with Crippen LogP contribution in [-0.2, 0) is 0 Å². The van der Waals surface area contributed by atoms with Gasteiger partial charge >= 0.3 is 47.6 Å². The molecule has 0 saturated carbocycles. The van der Waals surface area contributed by atoms with Gasteiger partial charge in [-0.2, -0.15) is 0 Å². The minimum Gasteiger partial charge on any atom is -0.368 e. The predicted molar refractivity (Wildman–Crippen MR) is 30.9 cm³/mol. The predicted octanol–water partition coefficient (Wildman–Crippen LogP) is -2.02. The molecule has 0 aliphatic heterocycles. The van der Waals surface area contributed by atoms with E-state index in [0.717, 1.165) is 0 Å². The molecule has 0 rings (SSSR count). The summed E-state index contributed by atoms with van der Waals surface area (Å²) in [5.41, 5.74) is 0. The molecule has 0 aromatic rings. The van der Waals surface area contributed by atoms with Crippen molar-refractivity contribution >= 4 is 37.0 Å². The molecule has 0 bridgehead atoms. The Balaban J connectivity index is 0. The fourth-order valence-corrected chi connectivity index (χ4v) is 0. The Morgan fingerprint density at radius 1 is 1.25 bits per heavy atom. The Labute approximate surface area is 66.7 Å². The van der Waals surface area contributed by atoms with E-state index in [1.807, 2.05) is 0 Å². The van der Waals surface area contributed by atoms with Gasteiger partial charge in [0.1, 0.15) is 0 Å². The number of rotatable bonds is 0. The van der Waals surface area contributed by atoms with E-state index in [9.17, 15) is 0 Å². The first-order valence-electron chi connectivity index (χ1n) is 2.31. The molecule has 0 aromatic carbocycles. The molecule has 0 aromatic heterocycles. The molecule has 0 amide bonds. The van der Waals surface area contributed by atoms with Crippen molar-refractivity contribution in [3.8, 4) is 0 Å². The first-order valence-corrected chi connectivity index (χ1v) is 5.51. The second-order valence-electron chi connectivity index (χ2n) is 1.31. The van der Waals surface area contributed by atoms with Gasteiger partial charge in [0, 0.05) is 0 Å². The summed E-state index contributed by atoms with van der Waals surface area (Å²) in [6, 6.07) is 0. The molecule has 0 spiro atoms. The second-order valence-corrected chi connectivity index (χ2v) is 3.92. The topological polar surface area (TPSA) is 80.9 Å². The van der Waals surface area contributed by atoms with Crippen molar-refractivity contribution < 1.29 is 19.2 Å². The zero-order valence-corrected chi connectivity index (χ0v) is 8.00. The van der Waals surface area contributed by atoms with Crippen LogP contribution in [0.3, 0.4) is 0 Å². The van der Waals surface area contributed by atoms with Crippen molar-refractivity contribution in [1.82, 2.24) is 0 Å². The largest absolute Gasteiger partial charge is 0.668 e. The summed E-state index contributed by atoms with van der Waals surface area (Å²) >= 11 is 1.37. The standard InChI is InChI=1S/C2H5.Na.H4O4Si/c1-2;;1-5(2,3)4/h1H2,2H3;;1-4H. The fraction of sp³-hybridized carbons (Fsp3) is 1.00. The molecule has 0 fully saturated rings. The average molecular weight is 148 g/mol. The van der Waals surface area contributed by atoms with Gasteiger partial charge in [-0.1, -0.05) is 0 Å². The second kappa shape index (κ2) is 6.18. The van der Waals surface area contributed by atoms with Crippen LogP contribution in [-0.4, -0.2) is 56.2 Å². The SMILES string of the molecule is C[CH2][Na].O[Si](O)(O)O. The molecule has 46 valence electrons. The third-order valence-electron chi connectivity index (χ3n) is 0. The smallest absolute Gasteiger partial charge is 0.368 e. The summed E-state index contributed by atoms with van der Waals surface area (Å²) in [5.74, 6) is 0. The summed E-state index contributed by atoms with van der Waals surface area (Å²) in [6.07, 6.45) is 0. The van der Waals surface area contributed by atoms with Crippen LogP contribution in [0.4, 0.5) is 0 Å². The van der Waals surface area contributed by atoms with Crippen molar-refractivity contribution in [2.24, 2.45) is 0 Å². The fourth-order valence-electron chi connectivity index (χ4n) is 0. The van der Waals surface area contributed by atoms with Gasteiger partial charge in [0.25, 0.3) is 0 Å². The molecule has 6 heteroatoms. The summed E-state index contributed by atoms with van der Waals surface area (Å²) in [7, 11) is -4.61. The minimum absolute atomic E-state index is 1.37. The van der Waals surface area contributed by atoms with Crippen LogP contribution in [0.2, 0.25) is 3.67 Å². The van der Waals surface area contributed by atoms with Crippen LogP contribution in [0.5, 0.6) is 0 Å². The zero-order chi connectivity index (χ0) is 7.21. The van der Waals surface area contributed by atoms with E-state index in [1.54, 1.807) is 0 Å². The van der Waals surface area contributed by atoms with E-state index in [2.05, 4.69) is 6.92 Å². The maximum absolute atomic E-state index is 7.33. The Kier molecular flexibility index (Phi) is 9.12. The molecule has 8 heavy (non-hydrogen) atoms. The number of hydrogen-bond acceptors (Lipinski definition) is 4. The molecule has 0 atom stereocenters. The third-order valence-corrected chi connectivity index (χ3v) is 0. The van der Waals surface area contributed by atoms with Crippen molar-refractivity contribution in [3.05, 3.63) is 0 Å². The van der Waals surface area contributed by atoms with Gasteiger partial charge in [-0.05, 0) is 0 Å². The molecular weight excluding hydrogens is 139 g/mol. The average Bonchev–Trinajstić information content (AvgIpc) is 1.27. The van der Waals surface area contributed by atoms with E-state index < -0.39 is 9.05 Å².